The Labute approximate surface area is 68.4 Å². The van der Waals surface area contributed by atoms with E-state index in [4.69, 9.17) is 16.7 Å². The molecule has 0 aromatic carbocycles. The second-order valence-electron chi connectivity index (χ2n) is 2.18. The summed E-state index contributed by atoms with van der Waals surface area (Å²) in [4.78, 5) is 10.5. The van der Waals surface area contributed by atoms with Gasteiger partial charge in [0.2, 0.25) is 0 Å². The molecule has 1 heterocycles. The minimum Gasteiger partial charge on any atom is -0.478 e. The first-order valence-corrected chi connectivity index (χ1v) is 3.34. The number of aromatic nitrogens is 2. The van der Waals surface area contributed by atoms with Crippen LogP contribution in [0.15, 0.2) is 0 Å². The third kappa shape index (κ3) is 1.21. The largest absolute Gasteiger partial charge is 0.478 e. The van der Waals surface area contributed by atoms with Crippen molar-refractivity contribution in [2.24, 2.45) is 7.05 Å². The van der Waals surface area contributed by atoms with Gasteiger partial charge in [-0.2, -0.15) is 5.10 Å². The van der Waals surface area contributed by atoms with Crippen LogP contribution in [0.2, 0.25) is 5.15 Å². The first-order chi connectivity index (χ1) is 5.04. The lowest BCUT2D eigenvalue weighted by molar-refractivity contribution is 0.0696. The van der Waals surface area contributed by atoms with E-state index in [1.165, 1.54) is 4.68 Å². The standard InChI is InChI=1S/C6H7ClN2O2/c1-3-4(6(10)11)5(7)8-9(3)2/h1-2H3,(H,10,11). The molecule has 0 radical (unpaired) electrons. The lowest BCUT2D eigenvalue weighted by Gasteiger charge is -1.92. The topological polar surface area (TPSA) is 55.1 Å². The summed E-state index contributed by atoms with van der Waals surface area (Å²) >= 11 is 5.53. The fourth-order valence-corrected chi connectivity index (χ4v) is 1.14. The molecular weight excluding hydrogens is 168 g/mol. The van der Waals surface area contributed by atoms with Crippen molar-refractivity contribution in [3.8, 4) is 0 Å². The van der Waals surface area contributed by atoms with Crippen LogP contribution in [0.25, 0.3) is 0 Å². The number of hydrogen-bond acceptors (Lipinski definition) is 2. The van der Waals surface area contributed by atoms with E-state index >= 15 is 0 Å². The van der Waals surface area contributed by atoms with Crippen LogP contribution in [-0.4, -0.2) is 20.9 Å². The fourth-order valence-electron chi connectivity index (χ4n) is 0.811. The summed E-state index contributed by atoms with van der Waals surface area (Å²) in [7, 11) is 1.65. The van der Waals surface area contributed by atoms with Gasteiger partial charge in [0, 0.05) is 7.05 Å². The second kappa shape index (κ2) is 2.54. The summed E-state index contributed by atoms with van der Waals surface area (Å²) in [6.45, 7) is 1.66. The number of nitrogens with zero attached hydrogens (tertiary/aromatic N) is 2. The Morgan fingerprint density at radius 2 is 2.27 bits per heavy atom. The second-order valence-corrected chi connectivity index (χ2v) is 2.54. The monoisotopic (exact) mass is 174 g/mol. The quantitative estimate of drug-likeness (QED) is 0.693. The van der Waals surface area contributed by atoms with Gasteiger partial charge >= 0.3 is 5.97 Å². The van der Waals surface area contributed by atoms with E-state index in [1.807, 2.05) is 0 Å². The van der Waals surface area contributed by atoms with Crippen LogP contribution in [0.3, 0.4) is 0 Å². The van der Waals surface area contributed by atoms with Crippen LogP contribution in [0.5, 0.6) is 0 Å². The first-order valence-electron chi connectivity index (χ1n) is 2.96. The SMILES string of the molecule is Cc1c(C(=O)O)c(Cl)nn1C. The lowest BCUT2D eigenvalue weighted by atomic mass is 10.3. The number of carboxylic acids is 1. The maximum Gasteiger partial charge on any atom is 0.340 e. The van der Waals surface area contributed by atoms with Crippen LogP contribution >= 0.6 is 11.6 Å². The van der Waals surface area contributed by atoms with Gasteiger partial charge in [0.15, 0.2) is 5.15 Å². The van der Waals surface area contributed by atoms with Crippen molar-refractivity contribution < 1.29 is 9.90 Å². The Balaban J connectivity index is 3.34. The van der Waals surface area contributed by atoms with Gasteiger partial charge < -0.3 is 5.11 Å². The molecule has 1 rings (SSSR count). The number of carboxylic acid groups (broad SMARTS) is 1. The average molecular weight is 175 g/mol. The van der Waals surface area contributed by atoms with Crippen LogP contribution in [0, 0.1) is 6.92 Å². The maximum absolute atomic E-state index is 10.5. The summed E-state index contributed by atoms with van der Waals surface area (Å²) in [5, 5.41) is 12.4. The van der Waals surface area contributed by atoms with Crippen molar-refractivity contribution in [2.45, 2.75) is 6.92 Å². The molecule has 0 fully saturated rings. The van der Waals surface area contributed by atoms with Gasteiger partial charge in [0.1, 0.15) is 5.56 Å². The number of aryl methyl sites for hydroxylation is 1. The Hall–Kier alpha value is -1.03. The van der Waals surface area contributed by atoms with Crippen LogP contribution < -0.4 is 0 Å². The number of hydrogen-bond donors (Lipinski definition) is 1. The zero-order valence-electron chi connectivity index (χ0n) is 6.13. The zero-order chi connectivity index (χ0) is 8.59. The molecule has 1 aromatic rings. The molecule has 0 saturated heterocycles. The first kappa shape index (κ1) is 8.07. The maximum atomic E-state index is 10.5. The van der Waals surface area contributed by atoms with E-state index < -0.39 is 5.97 Å². The van der Waals surface area contributed by atoms with Crippen LogP contribution in [0.4, 0.5) is 0 Å². The van der Waals surface area contributed by atoms with Gasteiger partial charge in [0.05, 0.1) is 5.69 Å². The van der Waals surface area contributed by atoms with Crippen molar-refractivity contribution in [1.82, 2.24) is 9.78 Å². The highest BCUT2D eigenvalue weighted by atomic mass is 35.5. The van der Waals surface area contributed by atoms with Gasteiger partial charge in [-0.1, -0.05) is 11.6 Å². The van der Waals surface area contributed by atoms with Crippen molar-refractivity contribution in [3.05, 3.63) is 16.4 Å². The minimum absolute atomic E-state index is 0.0394. The fraction of sp³-hybridized carbons (Fsp3) is 0.333. The van der Waals surface area contributed by atoms with E-state index in [9.17, 15) is 4.79 Å². The molecular formula is C6H7ClN2O2. The van der Waals surface area contributed by atoms with Crippen molar-refractivity contribution in [3.63, 3.8) is 0 Å². The Morgan fingerprint density at radius 3 is 2.45 bits per heavy atom. The molecule has 1 N–H and O–H groups in total. The molecule has 0 saturated carbocycles. The molecule has 0 spiro atoms. The molecule has 0 bridgehead atoms. The Morgan fingerprint density at radius 1 is 1.73 bits per heavy atom. The zero-order valence-corrected chi connectivity index (χ0v) is 6.88. The highest BCUT2D eigenvalue weighted by Crippen LogP contribution is 2.17. The van der Waals surface area contributed by atoms with E-state index in [0.717, 1.165) is 0 Å². The van der Waals surface area contributed by atoms with Gasteiger partial charge in [0.25, 0.3) is 0 Å². The summed E-state index contributed by atoms with van der Waals surface area (Å²) in [6, 6.07) is 0. The van der Waals surface area contributed by atoms with E-state index in [0.29, 0.717) is 5.69 Å². The molecule has 0 aliphatic heterocycles. The predicted octanol–water partition coefficient (Wildman–Crippen LogP) is 1.08. The third-order valence-electron chi connectivity index (χ3n) is 1.51. The van der Waals surface area contributed by atoms with Crippen molar-refractivity contribution in [1.29, 1.82) is 0 Å². The van der Waals surface area contributed by atoms with E-state index in [1.54, 1.807) is 14.0 Å². The summed E-state index contributed by atoms with van der Waals surface area (Å²) in [5.74, 6) is -1.04. The number of halogens is 1. The third-order valence-corrected chi connectivity index (χ3v) is 1.77. The number of aromatic carboxylic acids is 1. The number of carbonyl (C=O) groups is 1. The van der Waals surface area contributed by atoms with Crippen LogP contribution in [0.1, 0.15) is 16.1 Å². The molecule has 0 atom stereocenters. The molecule has 5 heteroatoms. The molecule has 0 aliphatic rings. The molecule has 4 nitrogen and oxygen atoms in total. The van der Waals surface area contributed by atoms with Crippen LogP contribution in [-0.2, 0) is 7.05 Å². The van der Waals surface area contributed by atoms with Gasteiger partial charge in [-0.15, -0.1) is 0 Å². The summed E-state index contributed by atoms with van der Waals surface area (Å²) in [5.41, 5.74) is 0.636. The normalized spacial score (nSPS) is 10.1. The molecule has 1 aromatic heterocycles. The molecule has 60 valence electrons. The highest BCUT2D eigenvalue weighted by Gasteiger charge is 2.16. The Kier molecular flexibility index (Phi) is 1.87. The lowest BCUT2D eigenvalue weighted by Crippen LogP contribution is -1.99. The molecule has 0 unspecified atom stereocenters. The van der Waals surface area contributed by atoms with Gasteiger partial charge in [-0.3, -0.25) is 4.68 Å². The Bertz CT molecular complexity index is 306. The van der Waals surface area contributed by atoms with E-state index in [-0.39, 0.29) is 10.7 Å². The van der Waals surface area contributed by atoms with E-state index in [2.05, 4.69) is 5.10 Å². The van der Waals surface area contributed by atoms with Gasteiger partial charge in [-0.25, -0.2) is 4.79 Å². The minimum atomic E-state index is -1.04. The van der Waals surface area contributed by atoms with Gasteiger partial charge in [-0.05, 0) is 6.92 Å². The predicted molar refractivity (Wildman–Crippen MR) is 39.9 cm³/mol. The molecule has 0 amide bonds. The number of rotatable bonds is 1. The summed E-state index contributed by atoms with van der Waals surface area (Å²) in [6.07, 6.45) is 0. The summed E-state index contributed by atoms with van der Waals surface area (Å²) < 4.78 is 1.44. The van der Waals surface area contributed by atoms with Crippen molar-refractivity contribution in [2.75, 3.05) is 0 Å². The molecule has 11 heavy (non-hydrogen) atoms. The molecule has 0 aliphatic carbocycles. The highest BCUT2D eigenvalue weighted by molar-refractivity contribution is 6.32. The van der Waals surface area contributed by atoms with Crippen molar-refractivity contribution >= 4 is 17.6 Å². The average Bonchev–Trinajstić information content (AvgIpc) is 2.07. The smallest absolute Gasteiger partial charge is 0.340 e.